The summed E-state index contributed by atoms with van der Waals surface area (Å²) in [6, 6.07) is 5.21. The number of imide groups is 1. The number of carbonyl (C=O) groups is 2. The van der Waals surface area contributed by atoms with Crippen molar-refractivity contribution in [1.29, 1.82) is 0 Å². The zero-order valence-corrected chi connectivity index (χ0v) is 10.2. The van der Waals surface area contributed by atoms with Crippen LogP contribution in [-0.2, 0) is 4.79 Å². The van der Waals surface area contributed by atoms with Crippen molar-refractivity contribution in [3.63, 3.8) is 0 Å². The number of urea groups is 1. The monoisotopic (exact) mass is 316 g/mol. The van der Waals surface area contributed by atoms with E-state index in [1.165, 1.54) is 4.90 Å². The molecule has 0 unspecified atom stereocenters. The molecule has 78 valence electrons. The summed E-state index contributed by atoms with van der Waals surface area (Å²) in [6.45, 7) is 1.99. The Labute approximate surface area is 101 Å². The van der Waals surface area contributed by atoms with Crippen LogP contribution < -0.4 is 10.2 Å². The number of rotatable bonds is 1. The van der Waals surface area contributed by atoms with Gasteiger partial charge in [-0.05, 0) is 47.2 Å². The lowest BCUT2D eigenvalue weighted by atomic mass is 10.2. The predicted molar refractivity (Wildman–Crippen MR) is 64.8 cm³/mol. The van der Waals surface area contributed by atoms with Crippen LogP contribution >= 0.6 is 22.6 Å². The van der Waals surface area contributed by atoms with Crippen LogP contribution in [0.3, 0.4) is 0 Å². The van der Waals surface area contributed by atoms with Crippen LogP contribution in [0, 0.1) is 10.5 Å². The van der Waals surface area contributed by atoms with Crippen molar-refractivity contribution in [1.82, 2.24) is 5.32 Å². The second-order valence-corrected chi connectivity index (χ2v) is 4.43. The van der Waals surface area contributed by atoms with Crippen LogP contribution in [-0.4, -0.2) is 18.5 Å². The van der Waals surface area contributed by atoms with E-state index in [0.717, 1.165) is 9.13 Å². The Morgan fingerprint density at radius 2 is 2.13 bits per heavy atom. The Bertz CT molecular complexity index is 429. The quantitative estimate of drug-likeness (QED) is 0.633. The zero-order chi connectivity index (χ0) is 11.0. The molecule has 1 aromatic rings. The molecule has 15 heavy (non-hydrogen) atoms. The molecule has 3 amide bonds. The summed E-state index contributed by atoms with van der Waals surface area (Å²) >= 11 is 2.18. The zero-order valence-electron chi connectivity index (χ0n) is 8.08. The molecule has 0 aromatic heterocycles. The first-order valence-electron chi connectivity index (χ1n) is 4.47. The lowest BCUT2D eigenvalue weighted by molar-refractivity contribution is -0.115. The van der Waals surface area contributed by atoms with Crippen LogP contribution in [0.15, 0.2) is 18.2 Å². The van der Waals surface area contributed by atoms with E-state index in [1.54, 1.807) is 6.07 Å². The van der Waals surface area contributed by atoms with E-state index in [0.29, 0.717) is 5.69 Å². The fourth-order valence-corrected chi connectivity index (χ4v) is 1.99. The number of anilines is 1. The first-order valence-corrected chi connectivity index (χ1v) is 5.55. The number of amides is 3. The molecule has 1 aliphatic heterocycles. The summed E-state index contributed by atoms with van der Waals surface area (Å²) in [5.41, 5.74) is 1.62. The summed E-state index contributed by atoms with van der Waals surface area (Å²) in [6.07, 6.45) is 0. The van der Waals surface area contributed by atoms with Gasteiger partial charge in [0.25, 0.3) is 5.91 Å². The minimum Gasteiger partial charge on any atom is -0.328 e. The first-order chi connectivity index (χ1) is 7.11. The van der Waals surface area contributed by atoms with Crippen LogP contribution in [0.1, 0.15) is 5.56 Å². The van der Waals surface area contributed by atoms with Gasteiger partial charge in [-0.2, -0.15) is 0 Å². The summed E-state index contributed by atoms with van der Waals surface area (Å²) in [5, 5.41) is 2.50. The third-order valence-corrected chi connectivity index (χ3v) is 3.49. The van der Waals surface area contributed by atoms with Crippen LogP contribution in [0.25, 0.3) is 0 Å². The van der Waals surface area contributed by atoms with Gasteiger partial charge in [0, 0.05) is 3.57 Å². The minimum absolute atomic E-state index is 0.0871. The Kier molecular flexibility index (Phi) is 2.64. The molecule has 2 rings (SSSR count). The van der Waals surface area contributed by atoms with Crippen molar-refractivity contribution in [3.05, 3.63) is 27.3 Å². The molecule has 1 aromatic carbocycles. The highest BCUT2D eigenvalue weighted by Crippen LogP contribution is 2.25. The molecule has 1 heterocycles. The minimum atomic E-state index is -0.342. The molecule has 1 aliphatic rings. The second-order valence-electron chi connectivity index (χ2n) is 3.27. The predicted octanol–water partition coefficient (Wildman–Crippen LogP) is 1.66. The van der Waals surface area contributed by atoms with Crippen LogP contribution in [0.5, 0.6) is 0 Å². The lowest BCUT2D eigenvalue weighted by Gasteiger charge is -2.15. The number of benzene rings is 1. The number of hydrogen-bond donors (Lipinski definition) is 1. The first kappa shape index (κ1) is 10.4. The molecule has 0 saturated carbocycles. The van der Waals surface area contributed by atoms with Gasteiger partial charge in [-0.25, -0.2) is 9.69 Å². The number of hydrogen-bond acceptors (Lipinski definition) is 2. The van der Waals surface area contributed by atoms with E-state index < -0.39 is 0 Å². The molecular weight excluding hydrogens is 307 g/mol. The highest BCUT2D eigenvalue weighted by molar-refractivity contribution is 14.1. The van der Waals surface area contributed by atoms with Crippen molar-refractivity contribution in [3.8, 4) is 0 Å². The topological polar surface area (TPSA) is 49.4 Å². The molecule has 4 nitrogen and oxygen atoms in total. The van der Waals surface area contributed by atoms with E-state index in [2.05, 4.69) is 27.9 Å². The van der Waals surface area contributed by atoms with Crippen LogP contribution in [0.4, 0.5) is 10.5 Å². The molecule has 0 atom stereocenters. The van der Waals surface area contributed by atoms with Crippen molar-refractivity contribution in [2.45, 2.75) is 6.92 Å². The molecule has 1 fully saturated rings. The summed E-state index contributed by atoms with van der Waals surface area (Å²) < 4.78 is 1.04. The SMILES string of the molecule is Cc1c(I)cccc1N1C(=O)CNC1=O. The number of carbonyl (C=O) groups excluding carboxylic acids is 2. The third kappa shape index (κ3) is 1.71. The van der Waals surface area contributed by atoms with Crippen molar-refractivity contribution >= 4 is 40.2 Å². The smallest absolute Gasteiger partial charge is 0.328 e. The van der Waals surface area contributed by atoms with Gasteiger partial charge in [-0.1, -0.05) is 6.07 Å². The summed E-state index contributed by atoms with van der Waals surface area (Å²) in [5.74, 6) is -0.204. The van der Waals surface area contributed by atoms with Gasteiger partial charge in [-0.3, -0.25) is 4.79 Å². The molecule has 1 N–H and O–H groups in total. The summed E-state index contributed by atoms with van der Waals surface area (Å²) in [4.78, 5) is 24.1. The molecule has 5 heteroatoms. The Morgan fingerprint density at radius 1 is 1.40 bits per heavy atom. The molecule has 0 bridgehead atoms. The highest BCUT2D eigenvalue weighted by Gasteiger charge is 2.31. The maximum Gasteiger partial charge on any atom is 0.329 e. The van der Waals surface area contributed by atoms with E-state index in [9.17, 15) is 9.59 Å². The highest BCUT2D eigenvalue weighted by atomic mass is 127. The van der Waals surface area contributed by atoms with Gasteiger partial charge in [-0.15, -0.1) is 0 Å². The van der Waals surface area contributed by atoms with Crippen molar-refractivity contribution in [2.24, 2.45) is 0 Å². The van der Waals surface area contributed by atoms with Gasteiger partial charge in [0.05, 0.1) is 12.2 Å². The van der Waals surface area contributed by atoms with Crippen LogP contribution in [0.2, 0.25) is 0 Å². The van der Waals surface area contributed by atoms with E-state index in [4.69, 9.17) is 0 Å². The van der Waals surface area contributed by atoms with Crippen molar-refractivity contribution in [2.75, 3.05) is 11.4 Å². The Balaban J connectivity index is 2.49. The molecule has 0 spiro atoms. The fourth-order valence-electron chi connectivity index (χ4n) is 1.50. The second kappa shape index (κ2) is 3.80. The van der Waals surface area contributed by atoms with Gasteiger partial charge in [0.1, 0.15) is 0 Å². The maximum absolute atomic E-state index is 11.5. The van der Waals surface area contributed by atoms with Gasteiger partial charge in [0.15, 0.2) is 0 Å². The van der Waals surface area contributed by atoms with Crippen molar-refractivity contribution < 1.29 is 9.59 Å². The average molecular weight is 316 g/mol. The normalized spacial score (nSPS) is 15.7. The number of nitrogens with zero attached hydrogens (tertiary/aromatic N) is 1. The largest absolute Gasteiger partial charge is 0.329 e. The molecule has 1 saturated heterocycles. The Hall–Kier alpha value is -1.11. The van der Waals surface area contributed by atoms with E-state index in [-0.39, 0.29) is 18.5 Å². The average Bonchev–Trinajstić information content (AvgIpc) is 2.52. The molecule has 0 radical (unpaired) electrons. The van der Waals surface area contributed by atoms with E-state index in [1.807, 2.05) is 19.1 Å². The van der Waals surface area contributed by atoms with Gasteiger partial charge >= 0.3 is 6.03 Å². The van der Waals surface area contributed by atoms with Gasteiger partial charge in [0.2, 0.25) is 0 Å². The Morgan fingerprint density at radius 3 is 2.73 bits per heavy atom. The van der Waals surface area contributed by atoms with E-state index >= 15 is 0 Å². The standard InChI is InChI=1S/C10H9IN2O2/c1-6-7(11)3-2-4-8(6)13-9(14)5-12-10(13)15/h2-4H,5H2,1H3,(H,12,15). The maximum atomic E-state index is 11.5. The van der Waals surface area contributed by atoms with Gasteiger partial charge < -0.3 is 5.32 Å². The lowest BCUT2D eigenvalue weighted by Crippen LogP contribution is -2.31. The molecule has 0 aliphatic carbocycles. The summed E-state index contributed by atoms with van der Waals surface area (Å²) in [7, 11) is 0. The molecular formula is C10H9IN2O2. The third-order valence-electron chi connectivity index (χ3n) is 2.32. The fraction of sp³-hybridized carbons (Fsp3) is 0.200. The number of nitrogens with one attached hydrogen (secondary N) is 1. The number of halogens is 1.